The van der Waals surface area contributed by atoms with Crippen LogP contribution in [-0.2, 0) is 11.2 Å². The third kappa shape index (κ3) is 18.1. The van der Waals surface area contributed by atoms with E-state index in [0.29, 0.717) is 12.0 Å². The minimum absolute atomic E-state index is 0.138. The van der Waals surface area contributed by atoms with Gasteiger partial charge in [0.05, 0.1) is 0 Å². The average Bonchev–Trinajstić information content (AvgIpc) is 2.40. The van der Waals surface area contributed by atoms with Gasteiger partial charge in [0, 0.05) is 12.8 Å². The van der Waals surface area contributed by atoms with Crippen molar-refractivity contribution in [3.8, 4) is 12.8 Å². The van der Waals surface area contributed by atoms with Crippen LogP contribution in [0, 0.1) is 18.3 Å². The number of carboxylic acids is 1. The number of carboxylic acid groups (broad SMARTS) is 1. The van der Waals surface area contributed by atoms with Gasteiger partial charge in [0.2, 0.25) is 6.43 Å². The number of alkyl halides is 2. The Balaban J connectivity index is 0. The SMILES string of the molecule is C#C.CC(C)(C)CCCC(=O)O.FC(F)Cc1ccccc1. The van der Waals surface area contributed by atoms with E-state index in [1.165, 1.54) is 0 Å². The Labute approximate surface area is 132 Å². The van der Waals surface area contributed by atoms with Crippen molar-refractivity contribution in [2.24, 2.45) is 5.41 Å². The summed E-state index contributed by atoms with van der Waals surface area (Å²) in [5, 5.41) is 8.31. The molecule has 0 fully saturated rings. The summed E-state index contributed by atoms with van der Waals surface area (Å²) in [7, 11) is 0. The van der Waals surface area contributed by atoms with Gasteiger partial charge in [-0.2, -0.15) is 0 Å². The molecule has 0 bridgehead atoms. The van der Waals surface area contributed by atoms with Crippen LogP contribution in [0.2, 0.25) is 0 Å². The lowest BCUT2D eigenvalue weighted by Crippen LogP contribution is -2.05. The van der Waals surface area contributed by atoms with Crippen LogP contribution < -0.4 is 0 Å². The summed E-state index contributed by atoms with van der Waals surface area (Å²) in [6.45, 7) is 6.36. The van der Waals surface area contributed by atoms with Gasteiger partial charge in [0.15, 0.2) is 0 Å². The van der Waals surface area contributed by atoms with Crippen molar-refractivity contribution < 1.29 is 18.7 Å². The maximum absolute atomic E-state index is 11.7. The molecule has 0 saturated carbocycles. The summed E-state index contributed by atoms with van der Waals surface area (Å²) >= 11 is 0. The molecule has 22 heavy (non-hydrogen) atoms. The van der Waals surface area contributed by atoms with Crippen molar-refractivity contribution in [1.82, 2.24) is 0 Å². The molecule has 2 nitrogen and oxygen atoms in total. The van der Waals surface area contributed by atoms with Crippen molar-refractivity contribution in [3.05, 3.63) is 35.9 Å². The molecule has 0 amide bonds. The first-order valence-electron chi connectivity index (χ1n) is 7.08. The topological polar surface area (TPSA) is 37.3 Å². The van der Waals surface area contributed by atoms with Gasteiger partial charge < -0.3 is 5.11 Å². The second-order valence-electron chi connectivity index (χ2n) is 5.89. The maximum atomic E-state index is 11.7. The Kier molecular flexibility index (Phi) is 13.0. The zero-order valence-corrected chi connectivity index (χ0v) is 13.6. The third-order valence-electron chi connectivity index (χ3n) is 2.55. The summed E-state index contributed by atoms with van der Waals surface area (Å²) in [6, 6.07) is 8.74. The highest BCUT2D eigenvalue weighted by atomic mass is 19.3. The number of terminal acetylenes is 1. The molecule has 0 aliphatic rings. The summed E-state index contributed by atoms with van der Waals surface area (Å²) in [6.07, 6.45) is 7.71. The van der Waals surface area contributed by atoms with Crippen LogP contribution in [-0.4, -0.2) is 17.5 Å². The van der Waals surface area contributed by atoms with E-state index in [1.807, 2.05) is 6.07 Å². The van der Waals surface area contributed by atoms with Crippen molar-refractivity contribution >= 4 is 5.97 Å². The quantitative estimate of drug-likeness (QED) is 0.774. The molecule has 0 unspecified atom stereocenters. The Morgan fingerprint density at radius 1 is 1.18 bits per heavy atom. The van der Waals surface area contributed by atoms with E-state index < -0.39 is 12.4 Å². The smallest absolute Gasteiger partial charge is 0.303 e. The summed E-state index contributed by atoms with van der Waals surface area (Å²) in [5.74, 6) is -0.691. The van der Waals surface area contributed by atoms with E-state index in [0.717, 1.165) is 12.8 Å². The lowest BCUT2D eigenvalue weighted by molar-refractivity contribution is -0.137. The lowest BCUT2D eigenvalue weighted by atomic mass is 9.90. The highest BCUT2D eigenvalue weighted by molar-refractivity contribution is 5.66. The van der Waals surface area contributed by atoms with E-state index >= 15 is 0 Å². The van der Waals surface area contributed by atoms with Crippen LogP contribution in [0.15, 0.2) is 30.3 Å². The van der Waals surface area contributed by atoms with E-state index in [4.69, 9.17) is 5.11 Å². The second-order valence-corrected chi connectivity index (χ2v) is 5.89. The summed E-state index contributed by atoms with van der Waals surface area (Å²) in [5.41, 5.74) is 0.965. The number of carbonyl (C=O) groups is 1. The molecule has 0 spiro atoms. The van der Waals surface area contributed by atoms with E-state index in [-0.39, 0.29) is 11.8 Å². The number of hydrogen-bond donors (Lipinski definition) is 1. The van der Waals surface area contributed by atoms with Gasteiger partial charge in [-0.05, 0) is 23.8 Å². The van der Waals surface area contributed by atoms with E-state index in [1.54, 1.807) is 24.3 Å². The number of benzene rings is 1. The van der Waals surface area contributed by atoms with Crippen LogP contribution in [0.1, 0.15) is 45.6 Å². The largest absolute Gasteiger partial charge is 0.481 e. The van der Waals surface area contributed by atoms with Crippen LogP contribution >= 0.6 is 0 Å². The summed E-state index contributed by atoms with van der Waals surface area (Å²) < 4.78 is 23.4. The number of aliphatic carboxylic acids is 1. The second kappa shape index (κ2) is 12.8. The fourth-order valence-electron chi connectivity index (χ4n) is 1.56. The number of hydrogen-bond acceptors (Lipinski definition) is 1. The zero-order valence-electron chi connectivity index (χ0n) is 13.6. The molecule has 1 rings (SSSR count). The predicted octanol–water partition coefficient (Wildman–Crippen LogP) is 5.03. The number of rotatable bonds is 5. The Hall–Kier alpha value is -1.89. The normalized spacial score (nSPS) is 10.0. The lowest BCUT2D eigenvalue weighted by Gasteiger charge is -2.16. The summed E-state index contributed by atoms with van der Waals surface area (Å²) in [4.78, 5) is 10.1. The molecule has 4 heteroatoms. The molecule has 0 saturated heterocycles. The van der Waals surface area contributed by atoms with Crippen LogP contribution in [0.5, 0.6) is 0 Å². The maximum Gasteiger partial charge on any atom is 0.303 e. The van der Waals surface area contributed by atoms with Crippen LogP contribution in [0.4, 0.5) is 8.78 Å². The highest BCUT2D eigenvalue weighted by Gasteiger charge is 2.09. The molecule has 0 aliphatic heterocycles. The molecular formula is C18H26F2O2. The first-order valence-corrected chi connectivity index (χ1v) is 7.08. The molecule has 1 aromatic carbocycles. The molecule has 0 radical (unpaired) electrons. The molecule has 124 valence electrons. The monoisotopic (exact) mass is 312 g/mol. The van der Waals surface area contributed by atoms with Crippen molar-refractivity contribution in [2.75, 3.05) is 0 Å². The fourth-order valence-corrected chi connectivity index (χ4v) is 1.56. The van der Waals surface area contributed by atoms with Gasteiger partial charge in [-0.15, -0.1) is 12.8 Å². The van der Waals surface area contributed by atoms with Gasteiger partial charge in [-0.25, -0.2) is 8.78 Å². The molecule has 0 aromatic heterocycles. The zero-order chi connectivity index (χ0) is 17.6. The van der Waals surface area contributed by atoms with Crippen LogP contribution in [0.25, 0.3) is 0 Å². The standard InChI is InChI=1S/C8H8F2.C8H16O2.C2H2/c9-8(10)6-7-4-2-1-3-5-7;1-8(2,3)6-4-5-7(9)10;1-2/h1-5,8H,6H2;4-6H2,1-3H3,(H,9,10);1-2H. The first-order chi connectivity index (χ1) is 10.2. The fraction of sp³-hybridized carbons (Fsp3) is 0.500. The van der Waals surface area contributed by atoms with Crippen molar-refractivity contribution in [3.63, 3.8) is 0 Å². The molecular weight excluding hydrogens is 286 g/mol. The first kappa shape index (κ1) is 22.4. The van der Waals surface area contributed by atoms with Gasteiger partial charge in [-0.1, -0.05) is 51.1 Å². The molecule has 0 atom stereocenters. The number of halogens is 2. The van der Waals surface area contributed by atoms with Gasteiger partial charge in [0.1, 0.15) is 0 Å². The van der Waals surface area contributed by atoms with Crippen molar-refractivity contribution in [1.29, 1.82) is 0 Å². The minimum atomic E-state index is -2.23. The van der Waals surface area contributed by atoms with E-state index in [2.05, 4.69) is 33.6 Å². The Bertz CT molecular complexity index is 406. The Morgan fingerprint density at radius 3 is 2.05 bits per heavy atom. The Morgan fingerprint density at radius 2 is 1.68 bits per heavy atom. The van der Waals surface area contributed by atoms with Crippen molar-refractivity contribution in [2.45, 2.75) is 52.9 Å². The molecule has 0 aliphatic carbocycles. The minimum Gasteiger partial charge on any atom is -0.481 e. The van der Waals surface area contributed by atoms with Gasteiger partial charge >= 0.3 is 5.97 Å². The third-order valence-corrected chi connectivity index (χ3v) is 2.55. The molecule has 1 aromatic rings. The van der Waals surface area contributed by atoms with Crippen LogP contribution in [0.3, 0.4) is 0 Å². The average molecular weight is 312 g/mol. The van der Waals surface area contributed by atoms with Gasteiger partial charge in [0.25, 0.3) is 0 Å². The highest BCUT2D eigenvalue weighted by Crippen LogP contribution is 2.21. The molecule has 0 heterocycles. The van der Waals surface area contributed by atoms with E-state index in [9.17, 15) is 13.6 Å². The molecule has 1 N–H and O–H groups in total. The van der Waals surface area contributed by atoms with Gasteiger partial charge in [-0.3, -0.25) is 4.79 Å². The predicted molar refractivity (Wildman–Crippen MR) is 87.0 cm³/mol.